The minimum Gasteiger partial charge on any atom is -0.507 e. The zero-order chi connectivity index (χ0) is 20.8. The second-order valence-corrected chi connectivity index (χ2v) is 6.14. The maximum Gasteiger partial charge on any atom is 0.153 e. The molecule has 3 aromatic carbocycles. The molecule has 0 saturated heterocycles. The van der Waals surface area contributed by atoms with Gasteiger partial charge in [0.15, 0.2) is 6.29 Å². The molecule has 3 rings (SSSR count). The summed E-state index contributed by atoms with van der Waals surface area (Å²) in [5.74, 6) is 0.572. The SMILES string of the molecule is CC(C)c1ccc(C=O)cc1.O=Cc1ccccc1.O=Cc1ccccc1O. The highest BCUT2D eigenvalue weighted by Crippen LogP contribution is 2.13. The standard InChI is InChI=1S/C10H12O.C7H6O2.C7H6O/c1-8(2)10-5-3-9(7-11)4-6-10;8-5-6-3-1-2-4-7(6)9;8-6-7-4-2-1-3-5-7/h3-8H,1-2H3;1-5,9H;1-6H. The van der Waals surface area contributed by atoms with E-state index in [1.165, 1.54) is 11.6 Å². The summed E-state index contributed by atoms with van der Waals surface area (Å²) >= 11 is 0. The van der Waals surface area contributed by atoms with Crippen molar-refractivity contribution in [3.05, 3.63) is 101 Å². The highest BCUT2D eigenvalue weighted by molar-refractivity contribution is 5.78. The molecule has 3 aromatic rings. The van der Waals surface area contributed by atoms with Crippen LogP contribution in [0.15, 0.2) is 78.9 Å². The van der Waals surface area contributed by atoms with Gasteiger partial charge in [-0.25, -0.2) is 0 Å². The molecule has 0 fully saturated rings. The molecule has 0 saturated carbocycles. The third kappa shape index (κ3) is 8.23. The molecule has 0 unspecified atom stereocenters. The number of hydrogen-bond acceptors (Lipinski definition) is 4. The molecule has 1 N–H and O–H groups in total. The molecule has 0 amide bonds. The number of aldehydes is 3. The molecule has 4 nitrogen and oxygen atoms in total. The van der Waals surface area contributed by atoms with Crippen LogP contribution in [0.5, 0.6) is 5.75 Å². The lowest BCUT2D eigenvalue weighted by molar-refractivity contribution is 0.111. The van der Waals surface area contributed by atoms with Gasteiger partial charge in [0.1, 0.15) is 18.3 Å². The number of carbonyl (C=O) groups excluding carboxylic acids is 3. The van der Waals surface area contributed by atoms with Gasteiger partial charge in [-0.1, -0.05) is 80.6 Å². The molecule has 0 radical (unpaired) electrons. The van der Waals surface area contributed by atoms with E-state index in [4.69, 9.17) is 5.11 Å². The van der Waals surface area contributed by atoms with Crippen LogP contribution in [0.4, 0.5) is 0 Å². The third-order valence-electron chi connectivity index (χ3n) is 3.74. The maximum atomic E-state index is 10.3. The van der Waals surface area contributed by atoms with Gasteiger partial charge in [0.25, 0.3) is 0 Å². The first kappa shape index (κ1) is 22.5. The van der Waals surface area contributed by atoms with Crippen molar-refractivity contribution in [2.75, 3.05) is 0 Å². The quantitative estimate of drug-likeness (QED) is 0.625. The predicted octanol–water partition coefficient (Wildman–Crippen LogP) is 5.33. The molecule has 0 aliphatic rings. The summed E-state index contributed by atoms with van der Waals surface area (Å²) in [6, 6.07) is 23.2. The largest absolute Gasteiger partial charge is 0.507 e. The van der Waals surface area contributed by atoms with Gasteiger partial charge >= 0.3 is 0 Å². The van der Waals surface area contributed by atoms with Crippen molar-refractivity contribution in [1.82, 2.24) is 0 Å². The molecule has 144 valence electrons. The number of carbonyl (C=O) groups is 3. The van der Waals surface area contributed by atoms with Crippen molar-refractivity contribution in [1.29, 1.82) is 0 Å². The summed E-state index contributed by atoms with van der Waals surface area (Å²) in [6.45, 7) is 4.27. The predicted molar refractivity (Wildman–Crippen MR) is 111 cm³/mol. The van der Waals surface area contributed by atoms with Crippen LogP contribution in [-0.2, 0) is 0 Å². The monoisotopic (exact) mass is 376 g/mol. The summed E-state index contributed by atoms with van der Waals surface area (Å²) in [6.07, 6.45) is 2.32. The Balaban J connectivity index is 0.000000213. The topological polar surface area (TPSA) is 71.4 Å². The summed E-state index contributed by atoms with van der Waals surface area (Å²) in [7, 11) is 0. The van der Waals surface area contributed by atoms with E-state index in [2.05, 4.69) is 13.8 Å². The molecule has 0 aliphatic carbocycles. The first-order valence-corrected chi connectivity index (χ1v) is 8.80. The van der Waals surface area contributed by atoms with Crippen LogP contribution in [0.2, 0.25) is 0 Å². The van der Waals surface area contributed by atoms with Crippen molar-refractivity contribution in [2.24, 2.45) is 0 Å². The van der Waals surface area contributed by atoms with Gasteiger partial charge in [0.05, 0.1) is 5.56 Å². The smallest absolute Gasteiger partial charge is 0.153 e. The van der Waals surface area contributed by atoms with Crippen LogP contribution in [-0.4, -0.2) is 24.0 Å². The molecular formula is C24H24O4. The van der Waals surface area contributed by atoms with Crippen LogP contribution in [0.3, 0.4) is 0 Å². The summed E-state index contributed by atoms with van der Waals surface area (Å²) in [4.78, 5) is 30.4. The Hall–Kier alpha value is -3.53. The van der Waals surface area contributed by atoms with Gasteiger partial charge in [-0.15, -0.1) is 0 Å². The van der Waals surface area contributed by atoms with Crippen LogP contribution >= 0.6 is 0 Å². The van der Waals surface area contributed by atoms with Crippen molar-refractivity contribution < 1.29 is 19.5 Å². The fourth-order valence-electron chi connectivity index (χ4n) is 2.08. The Labute approximate surface area is 165 Å². The third-order valence-corrected chi connectivity index (χ3v) is 3.74. The number of rotatable bonds is 4. The van der Waals surface area contributed by atoms with Crippen molar-refractivity contribution in [3.8, 4) is 5.75 Å². The first-order valence-electron chi connectivity index (χ1n) is 8.80. The Morgan fingerprint density at radius 1 is 0.643 bits per heavy atom. The number of phenols is 1. The van der Waals surface area contributed by atoms with Crippen LogP contribution in [0, 0.1) is 0 Å². The summed E-state index contributed by atoms with van der Waals surface area (Å²) < 4.78 is 0. The lowest BCUT2D eigenvalue weighted by Gasteiger charge is -2.03. The van der Waals surface area contributed by atoms with Gasteiger partial charge in [0.2, 0.25) is 0 Å². The molecule has 0 atom stereocenters. The second kappa shape index (κ2) is 12.8. The molecular weight excluding hydrogens is 352 g/mol. The molecule has 0 aliphatic heterocycles. The van der Waals surface area contributed by atoms with Crippen LogP contribution in [0.25, 0.3) is 0 Å². The molecule has 0 spiro atoms. The lowest BCUT2D eigenvalue weighted by atomic mass is 10.0. The Bertz CT molecular complexity index is 853. The Kier molecular flexibility index (Phi) is 10.3. The minimum atomic E-state index is 0.0347. The van der Waals surface area contributed by atoms with E-state index in [9.17, 15) is 14.4 Å². The summed E-state index contributed by atoms with van der Waals surface area (Å²) in [5, 5.41) is 8.88. The van der Waals surface area contributed by atoms with Crippen molar-refractivity contribution in [2.45, 2.75) is 19.8 Å². The highest BCUT2D eigenvalue weighted by atomic mass is 16.3. The van der Waals surface area contributed by atoms with E-state index in [0.717, 1.165) is 23.7 Å². The average molecular weight is 376 g/mol. The van der Waals surface area contributed by atoms with Gasteiger partial charge in [-0.05, 0) is 23.6 Å². The summed E-state index contributed by atoms with van der Waals surface area (Å²) in [5.41, 5.74) is 3.08. The van der Waals surface area contributed by atoms with Gasteiger partial charge in [0, 0.05) is 11.1 Å². The van der Waals surface area contributed by atoms with E-state index in [1.807, 2.05) is 42.5 Å². The van der Waals surface area contributed by atoms with Gasteiger partial charge in [-0.2, -0.15) is 0 Å². The fourth-order valence-corrected chi connectivity index (χ4v) is 2.08. The van der Waals surface area contributed by atoms with E-state index in [0.29, 0.717) is 17.8 Å². The number of aromatic hydroxyl groups is 1. The molecule has 28 heavy (non-hydrogen) atoms. The second-order valence-electron chi connectivity index (χ2n) is 6.14. The van der Waals surface area contributed by atoms with E-state index >= 15 is 0 Å². The number of para-hydroxylation sites is 1. The van der Waals surface area contributed by atoms with Crippen LogP contribution < -0.4 is 0 Å². The zero-order valence-electron chi connectivity index (χ0n) is 16.0. The van der Waals surface area contributed by atoms with Crippen LogP contribution in [0.1, 0.15) is 56.4 Å². The normalized spacial score (nSPS) is 9.25. The average Bonchev–Trinajstić information content (AvgIpc) is 2.75. The molecule has 4 heteroatoms. The number of hydrogen-bond donors (Lipinski definition) is 1. The van der Waals surface area contributed by atoms with E-state index in [1.54, 1.807) is 30.3 Å². The Morgan fingerprint density at radius 3 is 1.54 bits per heavy atom. The fraction of sp³-hybridized carbons (Fsp3) is 0.125. The minimum absolute atomic E-state index is 0.0347. The first-order chi connectivity index (χ1) is 13.5. The highest BCUT2D eigenvalue weighted by Gasteiger charge is 1.97. The van der Waals surface area contributed by atoms with Crippen molar-refractivity contribution in [3.63, 3.8) is 0 Å². The maximum absolute atomic E-state index is 10.3. The Morgan fingerprint density at radius 2 is 1.14 bits per heavy atom. The van der Waals surface area contributed by atoms with Gasteiger partial charge < -0.3 is 5.11 Å². The molecule has 0 bridgehead atoms. The lowest BCUT2D eigenvalue weighted by Crippen LogP contribution is -1.87. The number of phenolic OH excluding ortho intramolecular Hbond substituents is 1. The van der Waals surface area contributed by atoms with Gasteiger partial charge in [-0.3, -0.25) is 14.4 Å². The number of benzene rings is 3. The zero-order valence-corrected chi connectivity index (χ0v) is 16.0. The van der Waals surface area contributed by atoms with E-state index < -0.39 is 0 Å². The van der Waals surface area contributed by atoms with E-state index in [-0.39, 0.29) is 5.75 Å². The molecule has 0 aromatic heterocycles. The molecule has 0 heterocycles. The van der Waals surface area contributed by atoms with Crippen molar-refractivity contribution >= 4 is 18.9 Å².